The van der Waals surface area contributed by atoms with E-state index in [0.717, 1.165) is 5.39 Å². The van der Waals surface area contributed by atoms with Gasteiger partial charge in [-0.25, -0.2) is 13.5 Å². The van der Waals surface area contributed by atoms with Crippen molar-refractivity contribution in [1.29, 1.82) is 0 Å². The van der Waals surface area contributed by atoms with Crippen molar-refractivity contribution in [2.24, 2.45) is 0 Å². The molecule has 0 saturated heterocycles. The number of carbonyl (C=O) groups is 1. The highest BCUT2D eigenvalue weighted by molar-refractivity contribution is 5.91. The van der Waals surface area contributed by atoms with Crippen LogP contribution >= 0.6 is 0 Å². The summed E-state index contributed by atoms with van der Waals surface area (Å²) in [4.78, 5) is 19.5. The molecule has 1 aromatic carbocycles. The molecule has 182 valence electrons. The average molecular weight is 489 g/mol. The standard InChI is InChI=1S/C25H22F2N8O/c26-17(14-35-15-23(32-34-35)25(36)29-13-19-5-3-4-10-28-19)8-9-18-11-16-12-22(30-24(16)33-31-18)20-6-1-2-7-21(20)27/h1-7,10-12,15,17H,8-9,13-14H2,(H,29,36)(H,30,33). The first-order chi connectivity index (χ1) is 17.5. The number of alkyl halides is 1. The predicted octanol–water partition coefficient (Wildman–Crippen LogP) is 3.65. The fourth-order valence-corrected chi connectivity index (χ4v) is 3.78. The lowest BCUT2D eigenvalue weighted by molar-refractivity contribution is 0.0945. The monoisotopic (exact) mass is 488 g/mol. The van der Waals surface area contributed by atoms with Crippen LogP contribution in [0.5, 0.6) is 0 Å². The minimum absolute atomic E-state index is 0.0439. The van der Waals surface area contributed by atoms with Gasteiger partial charge in [0.1, 0.15) is 12.0 Å². The fourth-order valence-electron chi connectivity index (χ4n) is 3.78. The van der Waals surface area contributed by atoms with Gasteiger partial charge in [0.15, 0.2) is 11.3 Å². The lowest BCUT2D eigenvalue weighted by Gasteiger charge is -2.07. The van der Waals surface area contributed by atoms with Crippen LogP contribution in [0.25, 0.3) is 22.3 Å². The van der Waals surface area contributed by atoms with Gasteiger partial charge in [0.25, 0.3) is 5.91 Å². The summed E-state index contributed by atoms with van der Waals surface area (Å²) in [7, 11) is 0. The normalized spacial score (nSPS) is 12.1. The molecular formula is C25H22F2N8O. The molecule has 9 nitrogen and oxygen atoms in total. The van der Waals surface area contributed by atoms with Gasteiger partial charge in [0, 0.05) is 17.1 Å². The van der Waals surface area contributed by atoms with Crippen molar-refractivity contribution in [3.63, 3.8) is 0 Å². The third kappa shape index (κ3) is 5.40. The minimum Gasteiger partial charge on any atom is -0.345 e. The summed E-state index contributed by atoms with van der Waals surface area (Å²) in [5.41, 5.74) is 3.02. The maximum Gasteiger partial charge on any atom is 0.273 e. The molecule has 2 N–H and O–H groups in total. The Hall–Kier alpha value is -4.54. The Morgan fingerprint density at radius 3 is 2.75 bits per heavy atom. The molecule has 0 fully saturated rings. The Balaban J connectivity index is 1.15. The molecule has 5 aromatic rings. The van der Waals surface area contributed by atoms with Gasteiger partial charge in [-0.1, -0.05) is 23.4 Å². The van der Waals surface area contributed by atoms with Gasteiger partial charge in [-0.05, 0) is 49.2 Å². The van der Waals surface area contributed by atoms with Crippen LogP contribution in [-0.2, 0) is 19.5 Å². The first-order valence-electron chi connectivity index (χ1n) is 11.4. The number of aryl methyl sites for hydroxylation is 1. The molecular weight excluding hydrogens is 466 g/mol. The lowest BCUT2D eigenvalue weighted by atomic mass is 10.1. The van der Waals surface area contributed by atoms with E-state index in [1.165, 1.54) is 16.9 Å². The number of aromatic nitrogens is 7. The molecule has 36 heavy (non-hydrogen) atoms. The number of nitrogens with zero attached hydrogens (tertiary/aromatic N) is 6. The number of H-pyrrole nitrogens is 1. The Morgan fingerprint density at radius 2 is 1.92 bits per heavy atom. The molecule has 4 aromatic heterocycles. The van der Waals surface area contributed by atoms with Crippen LogP contribution in [0.1, 0.15) is 28.3 Å². The molecule has 0 bridgehead atoms. The summed E-state index contributed by atoms with van der Waals surface area (Å²) in [6, 6.07) is 15.5. The number of hydrogen-bond acceptors (Lipinski definition) is 6. The number of carbonyl (C=O) groups excluding carboxylic acids is 1. The van der Waals surface area contributed by atoms with Crippen molar-refractivity contribution in [2.45, 2.75) is 32.1 Å². The Morgan fingerprint density at radius 1 is 1.06 bits per heavy atom. The third-order valence-electron chi connectivity index (χ3n) is 5.62. The van der Waals surface area contributed by atoms with Crippen molar-refractivity contribution in [1.82, 2.24) is 40.5 Å². The van der Waals surface area contributed by atoms with E-state index in [1.807, 2.05) is 12.1 Å². The van der Waals surface area contributed by atoms with Crippen molar-refractivity contribution >= 4 is 16.9 Å². The van der Waals surface area contributed by atoms with Crippen molar-refractivity contribution in [2.75, 3.05) is 0 Å². The van der Waals surface area contributed by atoms with Crippen LogP contribution in [0.4, 0.5) is 8.78 Å². The van der Waals surface area contributed by atoms with Crippen LogP contribution in [0, 0.1) is 5.82 Å². The molecule has 0 saturated carbocycles. The number of benzene rings is 1. The van der Waals surface area contributed by atoms with E-state index in [1.54, 1.807) is 42.6 Å². The Kier molecular flexibility index (Phi) is 6.69. The van der Waals surface area contributed by atoms with E-state index in [0.29, 0.717) is 34.7 Å². The molecule has 0 radical (unpaired) electrons. The number of aromatic amines is 1. The van der Waals surface area contributed by atoms with Gasteiger partial charge in [-0.15, -0.1) is 10.2 Å². The third-order valence-corrected chi connectivity index (χ3v) is 5.62. The fraction of sp³-hybridized carbons (Fsp3) is 0.200. The van der Waals surface area contributed by atoms with Crippen LogP contribution in [-0.4, -0.2) is 47.2 Å². The predicted molar refractivity (Wildman–Crippen MR) is 128 cm³/mol. The second-order valence-corrected chi connectivity index (χ2v) is 8.27. The number of amides is 1. The van der Waals surface area contributed by atoms with Crippen LogP contribution in [0.3, 0.4) is 0 Å². The summed E-state index contributed by atoms with van der Waals surface area (Å²) in [6.45, 7) is 0.213. The van der Waals surface area contributed by atoms with Gasteiger partial charge in [-0.2, -0.15) is 5.10 Å². The first-order valence-corrected chi connectivity index (χ1v) is 11.4. The topological polar surface area (TPSA) is 114 Å². The van der Waals surface area contributed by atoms with Crippen molar-refractivity contribution in [3.8, 4) is 11.3 Å². The molecule has 0 aliphatic carbocycles. The molecule has 0 aliphatic heterocycles. The van der Waals surface area contributed by atoms with E-state index in [9.17, 15) is 13.6 Å². The van der Waals surface area contributed by atoms with Gasteiger partial charge >= 0.3 is 0 Å². The van der Waals surface area contributed by atoms with Crippen LogP contribution in [0.15, 0.2) is 67.0 Å². The summed E-state index contributed by atoms with van der Waals surface area (Å²) in [6.07, 6.45) is 2.37. The summed E-state index contributed by atoms with van der Waals surface area (Å²) in [5, 5.41) is 19.5. The lowest BCUT2D eigenvalue weighted by Crippen LogP contribution is -2.23. The Bertz CT molecular complexity index is 1480. The zero-order valence-corrected chi connectivity index (χ0v) is 19.1. The quantitative estimate of drug-likeness (QED) is 0.327. The molecule has 0 aliphatic rings. The number of nitrogens with one attached hydrogen (secondary N) is 2. The van der Waals surface area contributed by atoms with E-state index in [2.05, 4.69) is 35.8 Å². The molecule has 5 rings (SSSR count). The maximum atomic E-state index is 14.6. The Labute approximate surface area is 204 Å². The second kappa shape index (κ2) is 10.4. The summed E-state index contributed by atoms with van der Waals surface area (Å²) < 4.78 is 30.0. The SMILES string of the molecule is O=C(NCc1ccccn1)c1cn(CC(F)CCc2cc3cc(-c4ccccc4F)[nH]c3nn2)nn1. The van der Waals surface area contributed by atoms with Gasteiger partial charge < -0.3 is 10.3 Å². The van der Waals surface area contributed by atoms with Crippen molar-refractivity contribution in [3.05, 3.63) is 89.9 Å². The van der Waals surface area contributed by atoms with E-state index < -0.39 is 12.1 Å². The van der Waals surface area contributed by atoms with Gasteiger partial charge in [-0.3, -0.25) is 9.78 Å². The molecule has 4 heterocycles. The second-order valence-electron chi connectivity index (χ2n) is 8.27. The largest absolute Gasteiger partial charge is 0.345 e. The molecule has 1 unspecified atom stereocenters. The van der Waals surface area contributed by atoms with Crippen molar-refractivity contribution < 1.29 is 13.6 Å². The molecule has 1 amide bonds. The summed E-state index contributed by atoms with van der Waals surface area (Å²) >= 11 is 0. The molecule has 1 atom stereocenters. The molecule has 11 heteroatoms. The highest BCUT2D eigenvalue weighted by atomic mass is 19.1. The van der Waals surface area contributed by atoms with Crippen LogP contribution < -0.4 is 5.32 Å². The van der Waals surface area contributed by atoms with Gasteiger partial charge in [0.2, 0.25) is 0 Å². The molecule has 0 spiro atoms. The number of pyridine rings is 1. The zero-order chi connectivity index (χ0) is 24.9. The number of halogens is 2. The first kappa shape index (κ1) is 23.2. The van der Waals surface area contributed by atoms with Crippen LogP contribution in [0.2, 0.25) is 0 Å². The smallest absolute Gasteiger partial charge is 0.273 e. The van der Waals surface area contributed by atoms with E-state index >= 15 is 0 Å². The summed E-state index contributed by atoms with van der Waals surface area (Å²) in [5.74, 6) is -0.744. The van der Waals surface area contributed by atoms with E-state index in [-0.39, 0.29) is 31.0 Å². The van der Waals surface area contributed by atoms with E-state index in [4.69, 9.17) is 0 Å². The van der Waals surface area contributed by atoms with Gasteiger partial charge in [0.05, 0.1) is 36.4 Å². The average Bonchev–Trinajstić information content (AvgIpc) is 3.54. The number of hydrogen-bond donors (Lipinski definition) is 2. The minimum atomic E-state index is -1.23. The highest BCUT2D eigenvalue weighted by Gasteiger charge is 2.15. The highest BCUT2D eigenvalue weighted by Crippen LogP contribution is 2.25. The maximum absolute atomic E-state index is 14.6. The zero-order valence-electron chi connectivity index (χ0n) is 19.1. The number of fused-ring (bicyclic) bond motifs is 1. The number of rotatable bonds is 9.